The maximum absolute atomic E-state index is 13.2. The molecule has 0 bridgehead atoms. The monoisotopic (exact) mass is 394 g/mol. The largest absolute Gasteiger partial charge is 0.368 e. The number of carbonyl (C=O) groups excluding carboxylic acids is 1. The number of anilines is 1. The number of aryl methyl sites for hydroxylation is 2. The quantitative estimate of drug-likeness (QED) is 0.671. The first-order valence-electron chi connectivity index (χ1n) is 9.45. The molecule has 5 nitrogen and oxygen atoms in total. The Labute approximate surface area is 170 Å². The average molecular weight is 395 g/mol. The summed E-state index contributed by atoms with van der Waals surface area (Å²) in [5.74, 6) is 0.0228. The number of piperazine rings is 1. The van der Waals surface area contributed by atoms with E-state index < -0.39 is 0 Å². The third kappa shape index (κ3) is 3.62. The van der Waals surface area contributed by atoms with Crippen LogP contribution >= 0.6 is 11.6 Å². The molecule has 0 aliphatic carbocycles. The third-order valence-corrected chi connectivity index (χ3v) is 5.37. The highest BCUT2D eigenvalue weighted by atomic mass is 35.5. The van der Waals surface area contributed by atoms with E-state index in [0.717, 1.165) is 40.7 Å². The van der Waals surface area contributed by atoms with Gasteiger partial charge in [0.1, 0.15) is 5.69 Å². The normalized spacial score (nSPS) is 14.4. The van der Waals surface area contributed by atoms with E-state index in [-0.39, 0.29) is 5.91 Å². The van der Waals surface area contributed by atoms with Crippen molar-refractivity contribution in [2.75, 3.05) is 31.1 Å². The van der Waals surface area contributed by atoms with Gasteiger partial charge in [0.15, 0.2) is 0 Å². The van der Waals surface area contributed by atoms with Gasteiger partial charge >= 0.3 is 0 Å². The molecule has 2 heterocycles. The van der Waals surface area contributed by atoms with Gasteiger partial charge in [-0.05, 0) is 49.7 Å². The van der Waals surface area contributed by atoms with Crippen molar-refractivity contribution in [1.29, 1.82) is 0 Å². The van der Waals surface area contributed by atoms with Gasteiger partial charge in [-0.25, -0.2) is 4.68 Å². The molecule has 1 fully saturated rings. The Balaban J connectivity index is 1.53. The predicted octanol–water partition coefficient (Wildman–Crippen LogP) is 4.10. The number of aromatic nitrogens is 2. The molecular weight excluding hydrogens is 372 g/mol. The highest BCUT2D eigenvalue weighted by molar-refractivity contribution is 6.30. The number of amides is 1. The van der Waals surface area contributed by atoms with Crippen LogP contribution in [0.2, 0.25) is 5.02 Å². The van der Waals surface area contributed by atoms with E-state index in [1.54, 1.807) is 4.68 Å². The Bertz CT molecular complexity index is 1010. The summed E-state index contributed by atoms with van der Waals surface area (Å²) in [6.45, 7) is 6.85. The second-order valence-electron chi connectivity index (χ2n) is 7.13. The lowest BCUT2D eigenvalue weighted by molar-refractivity contribution is 0.0737. The summed E-state index contributed by atoms with van der Waals surface area (Å²) < 4.78 is 1.77. The van der Waals surface area contributed by atoms with Gasteiger partial charge in [0.2, 0.25) is 0 Å². The molecule has 1 aliphatic rings. The molecule has 0 atom stereocenters. The molecule has 4 rings (SSSR count). The van der Waals surface area contributed by atoms with E-state index in [1.807, 2.05) is 67.3 Å². The van der Waals surface area contributed by atoms with Gasteiger partial charge in [0, 0.05) is 36.9 Å². The maximum atomic E-state index is 13.2. The number of hydrogen-bond acceptors (Lipinski definition) is 3. The molecule has 144 valence electrons. The molecule has 0 unspecified atom stereocenters. The maximum Gasteiger partial charge on any atom is 0.272 e. The van der Waals surface area contributed by atoms with Crippen LogP contribution in [-0.4, -0.2) is 46.8 Å². The molecule has 1 saturated heterocycles. The molecule has 0 saturated carbocycles. The molecule has 1 amide bonds. The van der Waals surface area contributed by atoms with Crippen molar-refractivity contribution >= 4 is 23.2 Å². The molecule has 28 heavy (non-hydrogen) atoms. The number of hydrogen-bond donors (Lipinski definition) is 0. The van der Waals surface area contributed by atoms with Crippen LogP contribution < -0.4 is 4.90 Å². The summed E-state index contributed by atoms with van der Waals surface area (Å²) in [5.41, 5.74) is 4.58. The van der Waals surface area contributed by atoms with Crippen LogP contribution in [0.15, 0.2) is 54.6 Å². The zero-order chi connectivity index (χ0) is 19.7. The molecule has 0 N–H and O–H groups in total. The van der Waals surface area contributed by atoms with Crippen molar-refractivity contribution in [3.63, 3.8) is 0 Å². The Morgan fingerprint density at radius 3 is 2.43 bits per heavy atom. The highest BCUT2D eigenvalue weighted by Gasteiger charge is 2.26. The first kappa shape index (κ1) is 18.6. The Hall–Kier alpha value is -2.79. The molecule has 0 radical (unpaired) electrons. The predicted molar refractivity (Wildman–Crippen MR) is 113 cm³/mol. The van der Waals surface area contributed by atoms with E-state index in [1.165, 1.54) is 0 Å². The van der Waals surface area contributed by atoms with E-state index in [4.69, 9.17) is 11.6 Å². The van der Waals surface area contributed by atoms with Gasteiger partial charge in [0.25, 0.3) is 5.91 Å². The number of benzene rings is 2. The van der Waals surface area contributed by atoms with Crippen molar-refractivity contribution in [2.45, 2.75) is 13.8 Å². The fourth-order valence-electron chi connectivity index (χ4n) is 3.64. The van der Waals surface area contributed by atoms with Gasteiger partial charge in [0.05, 0.1) is 11.4 Å². The number of rotatable bonds is 3. The van der Waals surface area contributed by atoms with Gasteiger partial charge in [-0.1, -0.05) is 35.9 Å². The fraction of sp³-hybridized carbons (Fsp3) is 0.273. The Morgan fingerprint density at radius 2 is 1.71 bits per heavy atom. The van der Waals surface area contributed by atoms with E-state index in [9.17, 15) is 4.79 Å². The molecule has 1 aliphatic heterocycles. The summed E-state index contributed by atoms with van der Waals surface area (Å²) in [5, 5.41) is 5.30. The van der Waals surface area contributed by atoms with Crippen molar-refractivity contribution in [1.82, 2.24) is 14.7 Å². The smallest absolute Gasteiger partial charge is 0.272 e. The summed E-state index contributed by atoms with van der Waals surface area (Å²) >= 11 is 6.11. The first-order valence-corrected chi connectivity index (χ1v) is 9.83. The summed E-state index contributed by atoms with van der Waals surface area (Å²) in [6.07, 6.45) is 0. The lowest BCUT2D eigenvalue weighted by atomic mass is 10.2. The second kappa shape index (κ2) is 7.68. The lowest BCUT2D eigenvalue weighted by Gasteiger charge is -2.36. The van der Waals surface area contributed by atoms with Crippen molar-refractivity contribution in [3.8, 4) is 5.69 Å². The molecule has 0 spiro atoms. The van der Waals surface area contributed by atoms with Crippen LogP contribution in [0.4, 0.5) is 5.69 Å². The highest BCUT2D eigenvalue weighted by Crippen LogP contribution is 2.22. The average Bonchev–Trinajstić information content (AvgIpc) is 3.09. The van der Waals surface area contributed by atoms with Gasteiger partial charge in [-0.15, -0.1) is 0 Å². The minimum Gasteiger partial charge on any atom is -0.368 e. The molecule has 6 heteroatoms. The van der Waals surface area contributed by atoms with Gasteiger partial charge in [-0.2, -0.15) is 5.10 Å². The van der Waals surface area contributed by atoms with Crippen LogP contribution in [-0.2, 0) is 0 Å². The lowest BCUT2D eigenvalue weighted by Crippen LogP contribution is -2.49. The van der Waals surface area contributed by atoms with Crippen molar-refractivity contribution < 1.29 is 4.79 Å². The van der Waals surface area contributed by atoms with Crippen LogP contribution in [0.5, 0.6) is 0 Å². The van der Waals surface area contributed by atoms with Crippen molar-refractivity contribution in [2.24, 2.45) is 0 Å². The van der Waals surface area contributed by atoms with E-state index in [0.29, 0.717) is 18.8 Å². The Kier molecular flexibility index (Phi) is 5.09. The zero-order valence-electron chi connectivity index (χ0n) is 16.1. The van der Waals surface area contributed by atoms with E-state index in [2.05, 4.69) is 16.1 Å². The van der Waals surface area contributed by atoms with Crippen LogP contribution in [0.1, 0.15) is 21.7 Å². The minimum absolute atomic E-state index is 0.0228. The minimum atomic E-state index is 0.0228. The molecular formula is C22H23ClN4O. The van der Waals surface area contributed by atoms with Crippen LogP contribution in [0.3, 0.4) is 0 Å². The zero-order valence-corrected chi connectivity index (χ0v) is 16.9. The van der Waals surface area contributed by atoms with Gasteiger partial charge in [-0.3, -0.25) is 4.79 Å². The second-order valence-corrected chi connectivity index (χ2v) is 7.56. The van der Waals surface area contributed by atoms with Crippen LogP contribution in [0, 0.1) is 13.8 Å². The van der Waals surface area contributed by atoms with Crippen molar-refractivity contribution in [3.05, 3.63) is 76.6 Å². The molecule has 2 aromatic carbocycles. The van der Waals surface area contributed by atoms with Gasteiger partial charge < -0.3 is 9.80 Å². The standard InChI is InChI=1S/C22H23ClN4O/c1-16-6-3-4-9-20(16)27-21(14-17(2)24-27)22(28)26-12-10-25(11-13-26)19-8-5-7-18(23)15-19/h3-9,14-15H,10-13H2,1-2H3. The molecule has 1 aromatic heterocycles. The number of carbonyl (C=O) groups is 1. The summed E-state index contributed by atoms with van der Waals surface area (Å²) in [6, 6.07) is 17.7. The number of nitrogens with zero attached hydrogens (tertiary/aromatic N) is 4. The topological polar surface area (TPSA) is 41.4 Å². The molecule has 3 aromatic rings. The SMILES string of the molecule is Cc1cc(C(=O)N2CCN(c3cccc(Cl)c3)CC2)n(-c2ccccc2C)n1. The fourth-order valence-corrected chi connectivity index (χ4v) is 3.82. The number of halogens is 1. The van der Waals surface area contributed by atoms with Crippen LogP contribution in [0.25, 0.3) is 5.69 Å². The first-order chi connectivity index (χ1) is 13.5. The number of para-hydroxylation sites is 1. The third-order valence-electron chi connectivity index (χ3n) is 5.13. The summed E-state index contributed by atoms with van der Waals surface area (Å²) in [4.78, 5) is 17.4. The Morgan fingerprint density at radius 1 is 0.964 bits per heavy atom. The van der Waals surface area contributed by atoms with E-state index >= 15 is 0 Å². The summed E-state index contributed by atoms with van der Waals surface area (Å²) in [7, 11) is 0.